The number of aliphatic carboxylic acids is 1. The Labute approximate surface area is 116 Å². The number of halogens is 3. The molecule has 0 aliphatic rings. The number of fused-ring (bicyclic) bond motifs is 1. The fourth-order valence-corrected chi connectivity index (χ4v) is 2.40. The summed E-state index contributed by atoms with van der Waals surface area (Å²) in [5.74, 6) is -0.960. The van der Waals surface area contributed by atoms with Crippen molar-refractivity contribution in [1.29, 1.82) is 0 Å². The summed E-state index contributed by atoms with van der Waals surface area (Å²) in [4.78, 5) is 18.6. The fraction of sp³-hybridized carbons (Fsp3) is 0.250. The number of hydrogen-bond donors (Lipinski definition) is 1. The minimum absolute atomic E-state index is 0.205. The lowest BCUT2D eigenvalue weighted by atomic mass is 10.1. The second kappa shape index (κ2) is 5.28. The number of nitrogens with zero attached hydrogens (tertiary/aromatic N) is 2. The lowest BCUT2D eigenvalue weighted by Crippen LogP contribution is -2.05. The zero-order valence-electron chi connectivity index (χ0n) is 10.2. The first kappa shape index (κ1) is 14.6. The van der Waals surface area contributed by atoms with Gasteiger partial charge < -0.3 is 5.11 Å². The fourth-order valence-electron chi connectivity index (χ4n) is 1.63. The number of carboxylic acid groups (broad SMARTS) is 1. The van der Waals surface area contributed by atoms with Crippen LogP contribution in [0.15, 0.2) is 23.2 Å². The molecule has 1 aromatic carbocycles. The lowest BCUT2D eigenvalue weighted by Gasteiger charge is -2.10. The molecule has 1 heterocycles. The first-order chi connectivity index (χ1) is 9.27. The van der Waals surface area contributed by atoms with Gasteiger partial charge in [0.15, 0.2) is 0 Å². The van der Waals surface area contributed by atoms with Gasteiger partial charge in [-0.1, -0.05) is 11.8 Å². The highest BCUT2D eigenvalue weighted by atomic mass is 32.2. The van der Waals surface area contributed by atoms with E-state index in [0.29, 0.717) is 11.3 Å². The molecule has 0 bridgehead atoms. The van der Waals surface area contributed by atoms with Crippen LogP contribution < -0.4 is 0 Å². The summed E-state index contributed by atoms with van der Waals surface area (Å²) in [6, 6.07) is 3.15. The Hall–Kier alpha value is -1.83. The van der Waals surface area contributed by atoms with Gasteiger partial charge in [0.05, 0.1) is 16.8 Å². The highest BCUT2D eigenvalue weighted by Crippen LogP contribution is 2.33. The van der Waals surface area contributed by atoms with Gasteiger partial charge in [0, 0.05) is 5.39 Å². The molecule has 1 N–H and O–H groups in total. The Morgan fingerprint density at radius 1 is 1.35 bits per heavy atom. The normalized spacial score (nSPS) is 11.8. The monoisotopic (exact) mass is 302 g/mol. The van der Waals surface area contributed by atoms with Crippen LogP contribution in [0.4, 0.5) is 13.2 Å². The van der Waals surface area contributed by atoms with Crippen molar-refractivity contribution in [3.63, 3.8) is 0 Å². The molecule has 0 saturated heterocycles. The molecule has 0 unspecified atom stereocenters. The molecule has 8 heteroatoms. The number of benzene rings is 1. The van der Waals surface area contributed by atoms with Crippen molar-refractivity contribution >= 4 is 28.6 Å². The first-order valence-corrected chi connectivity index (χ1v) is 6.46. The third-order valence-electron chi connectivity index (χ3n) is 2.43. The molecule has 0 amide bonds. The maximum atomic E-state index is 12.7. The molecule has 2 aromatic rings. The predicted octanol–water partition coefficient (Wildman–Crippen LogP) is 3.13. The average Bonchev–Trinajstić information content (AvgIpc) is 2.33. The average molecular weight is 302 g/mol. The van der Waals surface area contributed by atoms with Gasteiger partial charge in [0.1, 0.15) is 10.9 Å². The largest absolute Gasteiger partial charge is 0.481 e. The van der Waals surface area contributed by atoms with Crippen molar-refractivity contribution < 1.29 is 23.1 Å². The molecule has 20 heavy (non-hydrogen) atoms. The van der Waals surface area contributed by atoms with Crippen LogP contribution in [0.3, 0.4) is 0 Å². The second-order valence-electron chi connectivity index (χ2n) is 3.99. The zero-order valence-corrected chi connectivity index (χ0v) is 11.0. The molecule has 0 radical (unpaired) electrons. The topological polar surface area (TPSA) is 63.1 Å². The molecule has 1 aromatic heterocycles. The van der Waals surface area contributed by atoms with Gasteiger partial charge >= 0.3 is 12.1 Å². The minimum atomic E-state index is -4.46. The Morgan fingerprint density at radius 3 is 2.65 bits per heavy atom. The standard InChI is InChI=1S/C12H9F3N2O2S/c1-6-16-9-3-2-7(12(13,14)15)4-8(9)11(17-6)20-5-10(18)19/h2-4H,5H2,1H3,(H,18,19). The summed E-state index contributed by atoms with van der Waals surface area (Å²) in [5.41, 5.74) is -0.451. The molecule has 0 spiro atoms. The van der Waals surface area contributed by atoms with E-state index >= 15 is 0 Å². The van der Waals surface area contributed by atoms with E-state index in [1.165, 1.54) is 6.07 Å². The minimum Gasteiger partial charge on any atom is -0.481 e. The maximum Gasteiger partial charge on any atom is 0.416 e. The van der Waals surface area contributed by atoms with Gasteiger partial charge in [0.25, 0.3) is 0 Å². The summed E-state index contributed by atoms with van der Waals surface area (Å²) < 4.78 is 38.1. The molecular weight excluding hydrogens is 293 g/mol. The number of carboxylic acids is 1. The van der Waals surface area contributed by atoms with Crippen molar-refractivity contribution in [3.8, 4) is 0 Å². The van der Waals surface area contributed by atoms with Crippen LogP contribution in [-0.2, 0) is 11.0 Å². The summed E-state index contributed by atoms with van der Waals surface area (Å²) in [6.45, 7) is 1.60. The quantitative estimate of drug-likeness (QED) is 0.697. The number of rotatable bonds is 3. The van der Waals surface area contributed by atoms with Crippen LogP contribution in [0.1, 0.15) is 11.4 Å². The maximum absolute atomic E-state index is 12.7. The van der Waals surface area contributed by atoms with Crippen molar-refractivity contribution in [2.45, 2.75) is 18.1 Å². The van der Waals surface area contributed by atoms with Crippen LogP contribution in [0.2, 0.25) is 0 Å². The van der Waals surface area contributed by atoms with Gasteiger partial charge in [-0.15, -0.1) is 0 Å². The van der Waals surface area contributed by atoms with Crippen molar-refractivity contribution in [2.24, 2.45) is 0 Å². The number of thioether (sulfide) groups is 1. The predicted molar refractivity (Wildman–Crippen MR) is 67.6 cm³/mol. The van der Waals surface area contributed by atoms with Gasteiger partial charge in [-0.25, -0.2) is 9.97 Å². The van der Waals surface area contributed by atoms with Crippen molar-refractivity contribution in [3.05, 3.63) is 29.6 Å². The van der Waals surface area contributed by atoms with Gasteiger partial charge in [-0.3, -0.25) is 4.79 Å². The second-order valence-corrected chi connectivity index (χ2v) is 4.95. The molecule has 0 aliphatic heterocycles. The van der Waals surface area contributed by atoms with E-state index in [1.54, 1.807) is 6.92 Å². The highest BCUT2D eigenvalue weighted by Gasteiger charge is 2.30. The molecule has 0 atom stereocenters. The molecule has 4 nitrogen and oxygen atoms in total. The first-order valence-electron chi connectivity index (χ1n) is 5.47. The van der Waals surface area contributed by atoms with E-state index in [0.717, 1.165) is 23.9 Å². The van der Waals surface area contributed by atoms with E-state index in [1.807, 2.05) is 0 Å². The molecule has 0 aliphatic carbocycles. The SMILES string of the molecule is Cc1nc(SCC(=O)O)c2cc(C(F)(F)F)ccc2n1. The van der Waals surface area contributed by atoms with Crippen LogP contribution in [0.5, 0.6) is 0 Å². The van der Waals surface area contributed by atoms with Crippen LogP contribution >= 0.6 is 11.8 Å². The van der Waals surface area contributed by atoms with E-state index in [-0.39, 0.29) is 16.2 Å². The van der Waals surface area contributed by atoms with E-state index in [2.05, 4.69) is 9.97 Å². The molecule has 2 rings (SSSR count). The summed E-state index contributed by atoms with van der Waals surface area (Å²) in [5, 5.41) is 9.10. The molecule has 0 fully saturated rings. The van der Waals surface area contributed by atoms with Gasteiger partial charge in [-0.05, 0) is 25.1 Å². The Kier molecular flexibility index (Phi) is 3.85. The van der Waals surface area contributed by atoms with Crippen LogP contribution in [0.25, 0.3) is 10.9 Å². The number of hydrogen-bond acceptors (Lipinski definition) is 4. The number of aromatic nitrogens is 2. The van der Waals surface area contributed by atoms with Crippen molar-refractivity contribution in [1.82, 2.24) is 9.97 Å². The van der Waals surface area contributed by atoms with Gasteiger partial charge in [-0.2, -0.15) is 13.2 Å². The summed E-state index contributed by atoms with van der Waals surface area (Å²) >= 11 is 0.874. The third kappa shape index (κ3) is 3.19. The Morgan fingerprint density at radius 2 is 2.05 bits per heavy atom. The highest BCUT2D eigenvalue weighted by molar-refractivity contribution is 8.00. The third-order valence-corrected chi connectivity index (χ3v) is 3.41. The van der Waals surface area contributed by atoms with Crippen LogP contribution in [0, 0.1) is 6.92 Å². The number of aryl methyl sites for hydroxylation is 1. The molecule has 106 valence electrons. The summed E-state index contributed by atoms with van der Waals surface area (Å²) in [6.07, 6.45) is -4.46. The number of alkyl halides is 3. The van der Waals surface area contributed by atoms with E-state index in [4.69, 9.17) is 5.11 Å². The van der Waals surface area contributed by atoms with E-state index in [9.17, 15) is 18.0 Å². The smallest absolute Gasteiger partial charge is 0.416 e. The van der Waals surface area contributed by atoms with Gasteiger partial charge in [0.2, 0.25) is 0 Å². The number of carbonyl (C=O) groups is 1. The zero-order chi connectivity index (χ0) is 14.9. The van der Waals surface area contributed by atoms with Crippen LogP contribution in [-0.4, -0.2) is 26.8 Å². The van der Waals surface area contributed by atoms with E-state index < -0.39 is 17.7 Å². The Balaban J connectivity index is 2.56. The lowest BCUT2D eigenvalue weighted by molar-refractivity contribution is -0.137. The summed E-state index contributed by atoms with van der Waals surface area (Å²) in [7, 11) is 0. The molecule has 0 saturated carbocycles. The molecular formula is C12H9F3N2O2S. The Bertz CT molecular complexity index is 674. The van der Waals surface area contributed by atoms with Crippen molar-refractivity contribution in [2.75, 3.05) is 5.75 Å².